The summed E-state index contributed by atoms with van der Waals surface area (Å²) in [5.74, 6) is -0.148. The summed E-state index contributed by atoms with van der Waals surface area (Å²) >= 11 is 0. The van der Waals surface area contributed by atoms with E-state index < -0.39 is 0 Å². The van der Waals surface area contributed by atoms with Crippen LogP contribution in [0, 0.1) is 0 Å². The molecule has 0 radical (unpaired) electrons. The summed E-state index contributed by atoms with van der Waals surface area (Å²) in [7, 11) is 0. The lowest BCUT2D eigenvalue weighted by atomic mass is 10.0. The van der Waals surface area contributed by atoms with Crippen LogP contribution in [-0.4, -0.2) is 44.5 Å². The molecule has 0 bridgehead atoms. The second-order valence-corrected chi connectivity index (χ2v) is 7.17. The Balaban J connectivity index is 1.30. The number of nitrogens with zero attached hydrogens (tertiary/aromatic N) is 4. The van der Waals surface area contributed by atoms with Gasteiger partial charge in [-0.25, -0.2) is 4.98 Å². The van der Waals surface area contributed by atoms with Crippen LogP contribution in [0.25, 0.3) is 10.9 Å². The molecule has 0 saturated carbocycles. The summed E-state index contributed by atoms with van der Waals surface area (Å²) in [4.78, 5) is 35.7. The number of piperidine rings is 1. The predicted octanol–water partition coefficient (Wildman–Crippen LogP) is 1.57. The largest absolute Gasteiger partial charge is 0.352 e. The molecule has 0 spiro atoms. The zero-order chi connectivity index (χ0) is 19.3. The van der Waals surface area contributed by atoms with Gasteiger partial charge in [0.2, 0.25) is 5.91 Å². The van der Waals surface area contributed by atoms with Crippen molar-refractivity contribution < 1.29 is 4.79 Å². The minimum Gasteiger partial charge on any atom is -0.352 e. The van der Waals surface area contributed by atoms with Crippen molar-refractivity contribution in [1.29, 1.82) is 0 Å². The molecular formula is C21H23N5O2. The van der Waals surface area contributed by atoms with Gasteiger partial charge in [-0.1, -0.05) is 18.2 Å². The normalized spacial score (nSPS) is 15.6. The SMILES string of the molecule is O=C(Cn1cnc2ccccc2c1=O)NC1CCN(Cc2cccnc2)CC1. The highest BCUT2D eigenvalue weighted by Gasteiger charge is 2.21. The van der Waals surface area contributed by atoms with Crippen LogP contribution in [0.2, 0.25) is 0 Å². The molecule has 1 fully saturated rings. The van der Waals surface area contributed by atoms with Crippen molar-refractivity contribution in [2.24, 2.45) is 0 Å². The maximum Gasteiger partial charge on any atom is 0.261 e. The zero-order valence-corrected chi connectivity index (χ0v) is 15.6. The first-order valence-electron chi connectivity index (χ1n) is 9.54. The van der Waals surface area contributed by atoms with Gasteiger partial charge in [0, 0.05) is 38.1 Å². The molecule has 4 rings (SSSR count). The number of benzene rings is 1. The quantitative estimate of drug-likeness (QED) is 0.730. The maximum atomic E-state index is 12.5. The van der Waals surface area contributed by atoms with E-state index in [0.29, 0.717) is 10.9 Å². The highest BCUT2D eigenvalue weighted by atomic mass is 16.2. The van der Waals surface area contributed by atoms with Gasteiger partial charge in [-0.05, 0) is 36.6 Å². The zero-order valence-electron chi connectivity index (χ0n) is 15.6. The third-order valence-electron chi connectivity index (χ3n) is 5.13. The molecule has 2 aromatic heterocycles. The van der Waals surface area contributed by atoms with E-state index in [1.165, 1.54) is 16.5 Å². The van der Waals surface area contributed by atoms with E-state index in [-0.39, 0.29) is 24.1 Å². The Hall–Kier alpha value is -3.06. The van der Waals surface area contributed by atoms with E-state index >= 15 is 0 Å². The summed E-state index contributed by atoms with van der Waals surface area (Å²) < 4.78 is 1.37. The van der Waals surface area contributed by atoms with Crippen LogP contribution < -0.4 is 10.9 Å². The average molecular weight is 377 g/mol. The third-order valence-corrected chi connectivity index (χ3v) is 5.13. The fourth-order valence-corrected chi connectivity index (χ4v) is 3.63. The van der Waals surface area contributed by atoms with Gasteiger partial charge in [0.05, 0.1) is 17.2 Å². The molecule has 1 N–H and O–H groups in total. The molecular weight excluding hydrogens is 354 g/mol. The minimum absolute atomic E-state index is 0.00737. The monoisotopic (exact) mass is 377 g/mol. The summed E-state index contributed by atoms with van der Waals surface area (Å²) in [5.41, 5.74) is 1.66. The Kier molecular flexibility index (Phi) is 5.43. The topological polar surface area (TPSA) is 80.1 Å². The van der Waals surface area contributed by atoms with Crippen LogP contribution in [0.15, 0.2) is 59.9 Å². The fraction of sp³-hybridized carbons (Fsp3) is 0.333. The molecule has 0 unspecified atom stereocenters. The molecule has 3 heterocycles. The molecule has 28 heavy (non-hydrogen) atoms. The Morgan fingerprint density at radius 2 is 1.96 bits per heavy atom. The first-order chi connectivity index (χ1) is 13.7. The van der Waals surface area contributed by atoms with Gasteiger partial charge < -0.3 is 5.32 Å². The molecule has 1 amide bonds. The van der Waals surface area contributed by atoms with E-state index in [4.69, 9.17) is 0 Å². The number of likely N-dealkylation sites (tertiary alicyclic amines) is 1. The number of nitrogens with one attached hydrogen (secondary N) is 1. The van der Waals surface area contributed by atoms with Crippen LogP contribution >= 0.6 is 0 Å². The smallest absolute Gasteiger partial charge is 0.261 e. The number of rotatable bonds is 5. The highest BCUT2D eigenvalue weighted by molar-refractivity contribution is 5.79. The lowest BCUT2D eigenvalue weighted by molar-refractivity contribution is -0.122. The van der Waals surface area contributed by atoms with Gasteiger partial charge in [0.15, 0.2) is 0 Å². The van der Waals surface area contributed by atoms with Gasteiger partial charge in [0.1, 0.15) is 6.54 Å². The summed E-state index contributed by atoms with van der Waals surface area (Å²) in [5, 5.41) is 3.59. The van der Waals surface area contributed by atoms with Gasteiger partial charge >= 0.3 is 0 Å². The lowest BCUT2D eigenvalue weighted by Crippen LogP contribution is -2.45. The Labute approximate surface area is 163 Å². The molecule has 144 valence electrons. The van der Waals surface area contributed by atoms with Gasteiger partial charge in [-0.2, -0.15) is 0 Å². The Bertz CT molecular complexity index is 1010. The Morgan fingerprint density at radius 3 is 2.75 bits per heavy atom. The molecule has 0 aliphatic carbocycles. The van der Waals surface area contributed by atoms with Crippen molar-refractivity contribution in [2.45, 2.75) is 32.0 Å². The summed E-state index contributed by atoms with van der Waals surface area (Å²) in [6, 6.07) is 11.3. The number of carbonyl (C=O) groups excluding carboxylic acids is 1. The third kappa shape index (κ3) is 4.26. The van der Waals surface area contributed by atoms with E-state index in [1.807, 2.05) is 18.3 Å². The molecule has 7 heteroatoms. The van der Waals surface area contributed by atoms with Crippen molar-refractivity contribution in [3.63, 3.8) is 0 Å². The van der Waals surface area contributed by atoms with Crippen LogP contribution in [0.1, 0.15) is 18.4 Å². The van der Waals surface area contributed by atoms with Crippen molar-refractivity contribution in [3.8, 4) is 0 Å². The van der Waals surface area contributed by atoms with Crippen molar-refractivity contribution in [1.82, 2.24) is 24.8 Å². The standard InChI is InChI=1S/C21H23N5O2/c27-20(14-26-15-23-19-6-2-1-5-18(19)21(26)28)24-17-7-10-25(11-8-17)13-16-4-3-9-22-12-16/h1-6,9,12,15,17H,7-8,10-11,13-14H2,(H,24,27). The predicted molar refractivity (Wildman–Crippen MR) is 107 cm³/mol. The molecule has 7 nitrogen and oxygen atoms in total. The van der Waals surface area contributed by atoms with E-state index in [9.17, 15) is 9.59 Å². The highest BCUT2D eigenvalue weighted by Crippen LogP contribution is 2.13. The minimum atomic E-state index is -0.188. The number of para-hydroxylation sites is 1. The average Bonchev–Trinajstić information content (AvgIpc) is 2.72. The molecule has 1 aliphatic heterocycles. The number of fused-ring (bicyclic) bond motifs is 1. The van der Waals surface area contributed by atoms with Crippen LogP contribution in [-0.2, 0) is 17.9 Å². The second-order valence-electron chi connectivity index (χ2n) is 7.17. The number of hydrogen-bond donors (Lipinski definition) is 1. The first kappa shape index (κ1) is 18.3. The van der Waals surface area contributed by atoms with E-state index in [0.717, 1.165) is 32.5 Å². The number of carbonyl (C=O) groups is 1. The number of hydrogen-bond acceptors (Lipinski definition) is 5. The van der Waals surface area contributed by atoms with Crippen LogP contribution in [0.3, 0.4) is 0 Å². The van der Waals surface area contributed by atoms with Crippen molar-refractivity contribution in [2.75, 3.05) is 13.1 Å². The van der Waals surface area contributed by atoms with E-state index in [1.54, 1.807) is 24.4 Å². The van der Waals surface area contributed by atoms with Gasteiger partial charge in [-0.3, -0.25) is 24.0 Å². The van der Waals surface area contributed by atoms with Gasteiger partial charge in [0.25, 0.3) is 5.56 Å². The number of aromatic nitrogens is 3. The first-order valence-corrected chi connectivity index (χ1v) is 9.54. The van der Waals surface area contributed by atoms with E-state index in [2.05, 4.69) is 26.3 Å². The van der Waals surface area contributed by atoms with Gasteiger partial charge in [-0.15, -0.1) is 0 Å². The molecule has 1 saturated heterocycles. The maximum absolute atomic E-state index is 12.5. The van der Waals surface area contributed by atoms with Crippen molar-refractivity contribution >= 4 is 16.8 Å². The Morgan fingerprint density at radius 1 is 1.14 bits per heavy atom. The molecule has 1 aromatic carbocycles. The second kappa shape index (κ2) is 8.31. The summed E-state index contributed by atoms with van der Waals surface area (Å²) in [6.45, 7) is 2.73. The molecule has 3 aromatic rings. The molecule has 1 aliphatic rings. The number of amides is 1. The van der Waals surface area contributed by atoms with Crippen LogP contribution in [0.4, 0.5) is 0 Å². The fourth-order valence-electron chi connectivity index (χ4n) is 3.63. The van der Waals surface area contributed by atoms with Crippen LogP contribution in [0.5, 0.6) is 0 Å². The lowest BCUT2D eigenvalue weighted by Gasteiger charge is -2.32. The summed E-state index contributed by atoms with van der Waals surface area (Å²) in [6.07, 6.45) is 6.92. The molecule has 0 atom stereocenters. The van der Waals surface area contributed by atoms with Crippen molar-refractivity contribution in [3.05, 3.63) is 71.0 Å². The number of pyridine rings is 1.